The highest BCUT2D eigenvalue weighted by Gasteiger charge is 2.22. The van der Waals surface area contributed by atoms with Crippen LogP contribution in [0.3, 0.4) is 0 Å². The Bertz CT molecular complexity index is 957. The van der Waals surface area contributed by atoms with Gasteiger partial charge in [-0.1, -0.05) is 6.07 Å². The van der Waals surface area contributed by atoms with Gasteiger partial charge in [0.05, 0.1) is 40.0 Å². The van der Waals surface area contributed by atoms with Gasteiger partial charge >= 0.3 is 5.69 Å². The van der Waals surface area contributed by atoms with Crippen LogP contribution in [0.4, 0.5) is 5.69 Å². The average molecular weight is 445 g/mol. The Morgan fingerprint density at radius 2 is 1.69 bits per heavy atom. The Morgan fingerprint density at radius 1 is 1.00 bits per heavy atom. The van der Waals surface area contributed by atoms with E-state index >= 15 is 0 Å². The van der Waals surface area contributed by atoms with E-state index in [0.717, 1.165) is 19.3 Å². The second-order valence-electron chi connectivity index (χ2n) is 7.02. The zero-order chi connectivity index (χ0) is 23.1. The molecule has 1 atom stereocenters. The Kier molecular flexibility index (Phi) is 7.77. The molecule has 1 aliphatic rings. The summed E-state index contributed by atoms with van der Waals surface area (Å²) in [5, 5.41) is 11.4. The molecule has 2 aromatic carbocycles. The Morgan fingerprint density at radius 3 is 2.22 bits per heavy atom. The number of methoxy groups -OCH3 is 4. The maximum Gasteiger partial charge on any atom is 0.311 e. The van der Waals surface area contributed by atoms with E-state index < -0.39 is 11.2 Å². The van der Waals surface area contributed by atoms with Gasteiger partial charge in [-0.3, -0.25) is 10.1 Å². The molecule has 1 fully saturated rings. The van der Waals surface area contributed by atoms with E-state index in [4.69, 9.17) is 28.4 Å². The van der Waals surface area contributed by atoms with Crippen LogP contribution < -0.4 is 18.9 Å². The summed E-state index contributed by atoms with van der Waals surface area (Å²) in [6, 6.07) is 8.21. The van der Waals surface area contributed by atoms with E-state index in [1.807, 2.05) is 0 Å². The van der Waals surface area contributed by atoms with Crippen molar-refractivity contribution in [1.29, 1.82) is 0 Å². The lowest BCUT2D eigenvalue weighted by atomic mass is 10.1. The highest BCUT2D eigenvalue weighted by molar-refractivity contribution is 5.80. The molecule has 0 aromatic heterocycles. The summed E-state index contributed by atoms with van der Waals surface area (Å²) in [7, 11) is 5.98. The molecule has 0 radical (unpaired) electrons. The van der Waals surface area contributed by atoms with E-state index in [1.54, 1.807) is 30.3 Å². The molecule has 9 heteroatoms. The highest BCUT2D eigenvalue weighted by Crippen LogP contribution is 2.41. The van der Waals surface area contributed by atoms with Gasteiger partial charge in [-0.15, -0.1) is 0 Å². The molecule has 0 spiro atoms. The first-order chi connectivity index (χ1) is 15.5. The molecule has 0 amide bonds. The minimum Gasteiger partial charge on any atom is -0.493 e. The quantitative estimate of drug-likeness (QED) is 0.238. The lowest BCUT2D eigenvalue weighted by molar-refractivity contribution is -0.385. The number of hydrogen-bond donors (Lipinski definition) is 0. The van der Waals surface area contributed by atoms with Gasteiger partial charge in [0.25, 0.3) is 0 Å². The first kappa shape index (κ1) is 23.2. The van der Waals surface area contributed by atoms with Crippen LogP contribution in [0.2, 0.25) is 0 Å². The van der Waals surface area contributed by atoms with Crippen molar-refractivity contribution in [2.24, 2.45) is 0 Å². The third-order valence-electron chi connectivity index (χ3n) is 5.04. The molecule has 0 bridgehead atoms. The molecular formula is C23H27NO8. The monoisotopic (exact) mass is 445 g/mol. The van der Waals surface area contributed by atoms with Crippen molar-refractivity contribution < 1.29 is 33.3 Å². The maximum atomic E-state index is 11.4. The Labute approximate surface area is 186 Å². The minimum absolute atomic E-state index is 0.139. The predicted octanol–water partition coefficient (Wildman–Crippen LogP) is 4.67. The van der Waals surface area contributed by atoms with Crippen LogP contribution in [0.25, 0.3) is 11.8 Å². The molecule has 3 rings (SSSR count). The van der Waals surface area contributed by atoms with Crippen molar-refractivity contribution >= 4 is 17.5 Å². The topological polar surface area (TPSA) is 98.5 Å². The summed E-state index contributed by atoms with van der Waals surface area (Å²) in [5.41, 5.74) is 1.07. The van der Waals surface area contributed by atoms with Crippen LogP contribution in [-0.2, 0) is 9.47 Å². The van der Waals surface area contributed by atoms with E-state index in [9.17, 15) is 10.1 Å². The number of hydrogen-bond acceptors (Lipinski definition) is 8. The molecule has 0 N–H and O–H groups in total. The fraction of sp³-hybridized carbons (Fsp3) is 0.391. The highest BCUT2D eigenvalue weighted by atomic mass is 16.7. The van der Waals surface area contributed by atoms with Crippen molar-refractivity contribution in [3.63, 3.8) is 0 Å². The first-order valence-corrected chi connectivity index (χ1v) is 10.1. The van der Waals surface area contributed by atoms with Crippen molar-refractivity contribution in [2.75, 3.05) is 35.0 Å². The summed E-state index contributed by atoms with van der Waals surface area (Å²) in [6.07, 6.45) is 3.99. The molecule has 1 heterocycles. The van der Waals surface area contributed by atoms with Crippen molar-refractivity contribution in [1.82, 2.24) is 0 Å². The smallest absolute Gasteiger partial charge is 0.311 e. The largest absolute Gasteiger partial charge is 0.493 e. The van der Waals surface area contributed by atoms with Gasteiger partial charge in [-0.2, -0.15) is 0 Å². The number of nitro groups is 1. The summed E-state index contributed by atoms with van der Waals surface area (Å²) < 4.78 is 33.4. The molecule has 0 saturated carbocycles. The van der Waals surface area contributed by atoms with Gasteiger partial charge in [0, 0.05) is 18.1 Å². The van der Waals surface area contributed by atoms with Gasteiger partial charge in [0.2, 0.25) is 5.75 Å². The van der Waals surface area contributed by atoms with Gasteiger partial charge in [0.15, 0.2) is 23.5 Å². The lowest BCUT2D eigenvalue weighted by Crippen LogP contribution is -2.21. The third-order valence-corrected chi connectivity index (χ3v) is 5.04. The summed E-state index contributed by atoms with van der Waals surface area (Å²) in [5.74, 6) is 2.00. The van der Waals surface area contributed by atoms with Crippen LogP contribution in [0, 0.1) is 10.1 Å². The van der Waals surface area contributed by atoms with Crippen molar-refractivity contribution in [3.8, 4) is 23.0 Å². The van der Waals surface area contributed by atoms with Crippen molar-refractivity contribution in [2.45, 2.75) is 25.6 Å². The van der Waals surface area contributed by atoms with Gasteiger partial charge in [-0.05, 0) is 42.7 Å². The standard InChI is InChI=1S/C23H27NO8/c1-27-18-9-8-15(11-17(18)24(25)26)12-19(32-22-7-5-6-10-31-22)16-13-20(28-2)23(30-4)21(14-16)29-3/h8-9,11-14,22H,5-7,10H2,1-4H3/b19-12+. The molecule has 1 unspecified atom stereocenters. The van der Waals surface area contributed by atoms with E-state index in [0.29, 0.717) is 40.7 Å². The molecule has 1 aliphatic heterocycles. The molecular weight excluding hydrogens is 418 g/mol. The number of benzene rings is 2. The predicted molar refractivity (Wildman–Crippen MR) is 118 cm³/mol. The Balaban J connectivity index is 2.10. The SMILES string of the molecule is COc1ccc(/C=C(/OC2CCCCO2)c2cc(OC)c(OC)c(OC)c2)cc1[N+](=O)[O-]. The Hall–Kier alpha value is -3.46. The molecule has 172 valence electrons. The normalized spacial score (nSPS) is 16.2. The minimum atomic E-state index is -0.486. The van der Waals surface area contributed by atoms with E-state index in [2.05, 4.69) is 0 Å². The molecule has 1 saturated heterocycles. The number of rotatable bonds is 9. The summed E-state index contributed by atoms with van der Waals surface area (Å²) >= 11 is 0. The fourth-order valence-electron chi connectivity index (χ4n) is 3.45. The zero-order valence-electron chi connectivity index (χ0n) is 18.6. The van der Waals surface area contributed by atoms with Crippen LogP contribution in [-0.4, -0.2) is 46.3 Å². The van der Waals surface area contributed by atoms with E-state index in [-0.39, 0.29) is 11.4 Å². The molecule has 9 nitrogen and oxygen atoms in total. The van der Waals surface area contributed by atoms with Crippen LogP contribution in [0.1, 0.15) is 30.4 Å². The second-order valence-corrected chi connectivity index (χ2v) is 7.02. The third kappa shape index (κ3) is 5.23. The lowest BCUT2D eigenvalue weighted by Gasteiger charge is -2.25. The first-order valence-electron chi connectivity index (χ1n) is 10.1. The maximum absolute atomic E-state index is 11.4. The summed E-state index contributed by atoms with van der Waals surface area (Å²) in [4.78, 5) is 11.0. The van der Waals surface area contributed by atoms with Gasteiger partial charge in [-0.25, -0.2) is 0 Å². The second kappa shape index (κ2) is 10.7. The number of nitrogens with zero attached hydrogens (tertiary/aromatic N) is 1. The van der Waals surface area contributed by atoms with E-state index in [1.165, 1.54) is 34.5 Å². The average Bonchev–Trinajstić information content (AvgIpc) is 2.83. The number of ether oxygens (including phenoxy) is 6. The molecule has 32 heavy (non-hydrogen) atoms. The molecule has 2 aromatic rings. The number of nitro benzene ring substituents is 1. The van der Waals surface area contributed by atoms with Gasteiger partial charge < -0.3 is 28.4 Å². The van der Waals surface area contributed by atoms with Crippen LogP contribution in [0.15, 0.2) is 30.3 Å². The zero-order valence-corrected chi connectivity index (χ0v) is 18.6. The fourth-order valence-corrected chi connectivity index (χ4v) is 3.45. The summed E-state index contributed by atoms with van der Waals surface area (Å²) in [6.45, 7) is 0.612. The van der Waals surface area contributed by atoms with Gasteiger partial charge in [0.1, 0.15) is 5.76 Å². The molecule has 0 aliphatic carbocycles. The van der Waals surface area contributed by atoms with Crippen LogP contribution >= 0.6 is 0 Å². The van der Waals surface area contributed by atoms with Crippen molar-refractivity contribution in [3.05, 3.63) is 51.6 Å². The van der Waals surface area contributed by atoms with Crippen LogP contribution in [0.5, 0.6) is 23.0 Å².